The van der Waals surface area contributed by atoms with Crippen LogP contribution >= 0.6 is 0 Å². The summed E-state index contributed by atoms with van der Waals surface area (Å²) in [5, 5.41) is 2.89. The molecule has 4 nitrogen and oxygen atoms in total. The first-order valence-corrected chi connectivity index (χ1v) is 8.16. The van der Waals surface area contributed by atoms with Crippen molar-refractivity contribution < 1.29 is 13.9 Å². The molecule has 0 aliphatic carbocycles. The van der Waals surface area contributed by atoms with Crippen LogP contribution in [0.3, 0.4) is 0 Å². The third kappa shape index (κ3) is 7.77. The zero-order valence-electron chi connectivity index (χ0n) is 13.9. The van der Waals surface area contributed by atoms with E-state index >= 15 is 0 Å². The maximum atomic E-state index is 14.1. The SMILES string of the molecule is CC(C)NC(=O)CN1CCC(C(F)CCOC(C)C)CC1. The number of hydrogen-bond donors (Lipinski definition) is 1. The Balaban J connectivity index is 2.20. The Morgan fingerprint density at radius 2 is 1.90 bits per heavy atom. The highest BCUT2D eigenvalue weighted by Crippen LogP contribution is 2.24. The number of alkyl halides is 1. The Hall–Kier alpha value is -0.680. The topological polar surface area (TPSA) is 41.6 Å². The van der Waals surface area contributed by atoms with Crippen molar-refractivity contribution in [2.75, 3.05) is 26.2 Å². The summed E-state index contributed by atoms with van der Waals surface area (Å²) in [5.74, 6) is 0.177. The summed E-state index contributed by atoms with van der Waals surface area (Å²) in [6, 6.07) is 0.172. The molecule has 1 rings (SSSR count). The molecule has 0 bridgehead atoms. The van der Waals surface area contributed by atoms with E-state index in [1.54, 1.807) is 0 Å². The van der Waals surface area contributed by atoms with Crippen LogP contribution in [0.1, 0.15) is 47.0 Å². The van der Waals surface area contributed by atoms with Crippen LogP contribution in [0.5, 0.6) is 0 Å². The monoisotopic (exact) mass is 302 g/mol. The molecule has 1 fully saturated rings. The highest BCUT2D eigenvalue weighted by atomic mass is 19.1. The highest BCUT2D eigenvalue weighted by molar-refractivity contribution is 5.78. The fraction of sp³-hybridized carbons (Fsp3) is 0.938. The third-order valence-corrected chi connectivity index (χ3v) is 3.81. The van der Waals surface area contributed by atoms with E-state index in [4.69, 9.17) is 4.74 Å². The van der Waals surface area contributed by atoms with Crippen LogP contribution in [0.15, 0.2) is 0 Å². The second kappa shape index (κ2) is 9.36. The van der Waals surface area contributed by atoms with Gasteiger partial charge < -0.3 is 10.1 Å². The van der Waals surface area contributed by atoms with E-state index in [1.807, 2.05) is 27.7 Å². The Labute approximate surface area is 128 Å². The van der Waals surface area contributed by atoms with E-state index in [0.29, 0.717) is 19.6 Å². The normalized spacial score (nSPS) is 19.2. The van der Waals surface area contributed by atoms with Crippen LogP contribution in [0.25, 0.3) is 0 Å². The van der Waals surface area contributed by atoms with Gasteiger partial charge in [0, 0.05) is 19.1 Å². The molecule has 124 valence electrons. The first-order chi connectivity index (χ1) is 9.88. The molecule has 1 N–H and O–H groups in total. The van der Waals surface area contributed by atoms with Gasteiger partial charge in [0.1, 0.15) is 6.17 Å². The average Bonchev–Trinajstić information content (AvgIpc) is 2.37. The summed E-state index contributed by atoms with van der Waals surface area (Å²) < 4.78 is 19.5. The molecule has 0 radical (unpaired) electrons. The lowest BCUT2D eigenvalue weighted by Gasteiger charge is -2.33. The number of halogens is 1. The van der Waals surface area contributed by atoms with E-state index in [-0.39, 0.29) is 24.0 Å². The van der Waals surface area contributed by atoms with E-state index in [9.17, 15) is 9.18 Å². The Morgan fingerprint density at radius 3 is 2.43 bits per heavy atom. The van der Waals surface area contributed by atoms with Crippen molar-refractivity contribution in [3.63, 3.8) is 0 Å². The average molecular weight is 302 g/mol. The number of amides is 1. The molecular weight excluding hydrogens is 271 g/mol. The van der Waals surface area contributed by atoms with E-state index in [1.165, 1.54) is 0 Å². The molecule has 1 atom stereocenters. The van der Waals surface area contributed by atoms with Crippen LogP contribution in [-0.4, -0.2) is 55.4 Å². The number of nitrogens with zero attached hydrogens (tertiary/aromatic N) is 1. The smallest absolute Gasteiger partial charge is 0.234 e. The lowest BCUT2D eigenvalue weighted by molar-refractivity contribution is -0.123. The molecule has 0 spiro atoms. The standard InChI is InChI=1S/C16H31FN2O2/c1-12(2)18-16(20)11-19-8-5-14(6-9-19)15(17)7-10-21-13(3)4/h12-15H,5-11H2,1-4H3,(H,18,20). The zero-order chi connectivity index (χ0) is 15.8. The molecule has 5 heteroatoms. The summed E-state index contributed by atoms with van der Waals surface area (Å²) in [7, 11) is 0. The molecule has 0 aromatic heterocycles. The summed E-state index contributed by atoms with van der Waals surface area (Å²) in [6.45, 7) is 10.4. The molecule has 1 amide bonds. The number of rotatable bonds is 8. The summed E-state index contributed by atoms with van der Waals surface area (Å²) in [5.41, 5.74) is 0. The molecule has 1 heterocycles. The number of carbonyl (C=O) groups excluding carboxylic acids is 1. The highest BCUT2D eigenvalue weighted by Gasteiger charge is 2.27. The van der Waals surface area contributed by atoms with Gasteiger partial charge in [0.2, 0.25) is 5.91 Å². The molecule has 1 aliphatic heterocycles. The first kappa shape index (κ1) is 18.4. The van der Waals surface area contributed by atoms with Gasteiger partial charge in [-0.25, -0.2) is 4.39 Å². The van der Waals surface area contributed by atoms with E-state index < -0.39 is 6.17 Å². The van der Waals surface area contributed by atoms with Crippen molar-refractivity contribution in [1.29, 1.82) is 0 Å². The quantitative estimate of drug-likeness (QED) is 0.748. The van der Waals surface area contributed by atoms with Gasteiger partial charge in [-0.2, -0.15) is 0 Å². The summed E-state index contributed by atoms with van der Waals surface area (Å²) in [4.78, 5) is 13.8. The third-order valence-electron chi connectivity index (χ3n) is 3.81. The van der Waals surface area contributed by atoms with Crippen molar-refractivity contribution in [2.45, 2.75) is 65.3 Å². The van der Waals surface area contributed by atoms with Gasteiger partial charge in [-0.1, -0.05) is 0 Å². The van der Waals surface area contributed by atoms with Gasteiger partial charge in [-0.05, 0) is 59.5 Å². The Morgan fingerprint density at radius 1 is 1.29 bits per heavy atom. The van der Waals surface area contributed by atoms with Crippen molar-refractivity contribution in [2.24, 2.45) is 5.92 Å². The predicted molar refractivity (Wildman–Crippen MR) is 83.0 cm³/mol. The van der Waals surface area contributed by atoms with Crippen LogP contribution in [0.4, 0.5) is 4.39 Å². The minimum Gasteiger partial charge on any atom is -0.379 e. The minimum absolute atomic E-state index is 0.0607. The Kier molecular flexibility index (Phi) is 8.19. The van der Waals surface area contributed by atoms with Gasteiger partial charge in [0.05, 0.1) is 12.6 Å². The second-order valence-corrected chi connectivity index (χ2v) is 6.56. The largest absolute Gasteiger partial charge is 0.379 e. The van der Waals surface area contributed by atoms with Crippen molar-refractivity contribution in [3.8, 4) is 0 Å². The fourth-order valence-corrected chi connectivity index (χ4v) is 2.70. The molecule has 0 aromatic rings. The lowest BCUT2D eigenvalue weighted by Crippen LogP contribution is -2.44. The number of nitrogens with one attached hydrogen (secondary N) is 1. The van der Waals surface area contributed by atoms with Crippen molar-refractivity contribution >= 4 is 5.91 Å². The van der Waals surface area contributed by atoms with Gasteiger partial charge in [0.15, 0.2) is 0 Å². The van der Waals surface area contributed by atoms with Crippen LogP contribution in [0, 0.1) is 5.92 Å². The minimum atomic E-state index is -0.782. The van der Waals surface area contributed by atoms with Crippen LogP contribution < -0.4 is 5.32 Å². The zero-order valence-corrected chi connectivity index (χ0v) is 13.9. The summed E-state index contributed by atoms with van der Waals surface area (Å²) >= 11 is 0. The van der Waals surface area contributed by atoms with Crippen LogP contribution in [-0.2, 0) is 9.53 Å². The van der Waals surface area contributed by atoms with Crippen molar-refractivity contribution in [3.05, 3.63) is 0 Å². The molecular formula is C16H31FN2O2. The first-order valence-electron chi connectivity index (χ1n) is 8.16. The number of hydrogen-bond acceptors (Lipinski definition) is 3. The number of piperidine rings is 1. The van der Waals surface area contributed by atoms with Gasteiger partial charge in [-0.3, -0.25) is 9.69 Å². The fourth-order valence-electron chi connectivity index (χ4n) is 2.70. The summed E-state index contributed by atoms with van der Waals surface area (Å²) in [6.07, 6.45) is 1.53. The predicted octanol–water partition coefficient (Wildman–Crippen LogP) is 2.38. The van der Waals surface area contributed by atoms with E-state index in [0.717, 1.165) is 25.9 Å². The molecule has 0 saturated carbocycles. The molecule has 21 heavy (non-hydrogen) atoms. The second-order valence-electron chi connectivity index (χ2n) is 6.56. The van der Waals surface area contributed by atoms with Crippen LogP contribution in [0.2, 0.25) is 0 Å². The van der Waals surface area contributed by atoms with E-state index in [2.05, 4.69) is 10.2 Å². The molecule has 1 saturated heterocycles. The molecule has 1 aliphatic rings. The molecule has 0 aromatic carbocycles. The maximum Gasteiger partial charge on any atom is 0.234 e. The number of likely N-dealkylation sites (tertiary alicyclic amines) is 1. The maximum absolute atomic E-state index is 14.1. The van der Waals surface area contributed by atoms with Gasteiger partial charge >= 0.3 is 0 Å². The lowest BCUT2D eigenvalue weighted by atomic mass is 9.90. The number of ether oxygens (including phenoxy) is 1. The van der Waals surface area contributed by atoms with Gasteiger partial charge in [0.25, 0.3) is 0 Å². The molecule has 1 unspecified atom stereocenters. The van der Waals surface area contributed by atoms with Gasteiger partial charge in [-0.15, -0.1) is 0 Å². The van der Waals surface area contributed by atoms with Crippen molar-refractivity contribution in [1.82, 2.24) is 10.2 Å². The number of carbonyl (C=O) groups is 1. The Bertz CT molecular complexity index is 303.